The highest BCUT2D eigenvalue weighted by Gasteiger charge is 2.21. The zero-order chi connectivity index (χ0) is 19.6. The molecule has 0 fully saturated rings. The lowest BCUT2D eigenvalue weighted by molar-refractivity contribution is -0.122. The van der Waals surface area contributed by atoms with Crippen LogP contribution in [0.4, 0.5) is 4.39 Å². The van der Waals surface area contributed by atoms with Crippen LogP contribution >= 0.6 is 11.8 Å². The zero-order valence-corrected chi connectivity index (χ0v) is 16.4. The third-order valence-electron chi connectivity index (χ3n) is 4.16. The first-order valence-electron chi connectivity index (χ1n) is 8.89. The number of carbonyl (C=O) groups is 2. The second-order valence-electron chi connectivity index (χ2n) is 6.31. The molecular formula is C21H25FN2O2S. The lowest BCUT2D eigenvalue weighted by Crippen LogP contribution is -2.47. The van der Waals surface area contributed by atoms with E-state index >= 15 is 0 Å². The van der Waals surface area contributed by atoms with Gasteiger partial charge in [0.05, 0.1) is 0 Å². The van der Waals surface area contributed by atoms with Crippen LogP contribution in [0.2, 0.25) is 0 Å². The molecule has 6 heteroatoms. The smallest absolute Gasteiger partial charge is 0.251 e. The number of nitrogens with one attached hydrogen (secondary N) is 2. The Hall–Kier alpha value is -2.34. The van der Waals surface area contributed by atoms with Crippen LogP contribution in [-0.4, -0.2) is 36.4 Å². The highest BCUT2D eigenvalue weighted by atomic mass is 32.2. The van der Waals surface area contributed by atoms with Crippen LogP contribution in [0.25, 0.3) is 0 Å². The van der Waals surface area contributed by atoms with E-state index in [0.717, 1.165) is 11.3 Å². The molecule has 0 aliphatic carbocycles. The number of rotatable bonds is 9. The third-order valence-corrected chi connectivity index (χ3v) is 4.81. The highest BCUT2D eigenvalue weighted by molar-refractivity contribution is 7.98. The van der Waals surface area contributed by atoms with Crippen molar-refractivity contribution in [3.63, 3.8) is 0 Å². The fourth-order valence-corrected chi connectivity index (χ4v) is 3.15. The molecule has 1 atom stereocenters. The maximum Gasteiger partial charge on any atom is 0.251 e. The van der Waals surface area contributed by atoms with Crippen molar-refractivity contribution in [3.8, 4) is 0 Å². The maximum atomic E-state index is 13.7. The Morgan fingerprint density at radius 1 is 1.15 bits per heavy atom. The van der Waals surface area contributed by atoms with Crippen LogP contribution < -0.4 is 10.6 Å². The molecule has 0 bridgehead atoms. The van der Waals surface area contributed by atoms with Gasteiger partial charge in [0, 0.05) is 12.1 Å². The van der Waals surface area contributed by atoms with E-state index in [4.69, 9.17) is 0 Å². The van der Waals surface area contributed by atoms with Gasteiger partial charge in [-0.05, 0) is 55.5 Å². The number of thioether (sulfide) groups is 1. The maximum absolute atomic E-state index is 13.7. The van der Waals surface area contributed by atoms with Gasteiger partial charge in [-0.2, -0.15) is 11.8 Å². The largest absolute Gasteiger partial charge is 0.354 e. The van der Waals surface area contributed by atoms with Crippen LogP contribution in [0, 0.1) is 12.7 Å². The van der Waals surface area contributed by atoms with Gasteiger partial charge < -0.3 is 10.6 Å². The highest BCUT2D eigenvalue weighted by Crippen LogP contribution is 2.08. The number of aryl methyl sites for hydroxylation is 1. The number of carbonyl (C=O) groups excluding carboxylic acids is 2. The van der Waals surface area contributed by atoms with E-state index in [1.807, 2.05) is 25.3 Å². The average molecular weight is 389 g/mol. The summed E-state index contributed by atoms with van der Waals surface area (Å²) in [5, 5.41) is 5.62. The first kappa shape index (κ1) is 21.0. The van der Waals surface area contributed by atoms with Crippen molar-refractivity contribution in [2.75, 3.05) is 18.6 Å². The molecule has 0 saturated carbocycles. The molecule has 0 aliphatic heterocycles. The lowest BCUT2D eigenvalue weighted by atomic mass is 10.1. The molecule has 27 heavy (non-hydrogen) atoms. The van der Waals surface area contributed by atoms with Gasteiger partial charge >= 0.3 is 0 Å². The Balaban J connectivity index is 1.94. The van der Waals surface area contributed by atoms with Crippen molar-refractivity contribution in [3.05, 3.63) is 71.0 Å². The Labute approximate surface area is 163 Å². The van der Waals surface area contributed by atoms with E-state index in [0.29, 0.717) is 30.5 Å². The minimum Gasteiger partial charge on any atom is -0.354 e. The molecular weight excluding hydrogens is 363 g/mol. The Bertz CT molecular complexity index is 782. The molecule has 0 saturated heterocycles. The van der Waals surface area contributed by atoms with Gasteiger partial charge in [-0.25, -0.2) is 4.39 Å². The molecule has 0 aromatic heterocycles. The van der Waals surface area contributed by atoms with E-state index in [-0.39, 0.29) is 17.6 Å². The second kappa shape index (κ2) is 10.7. The number of halogens is 1. The van der Waals surface area contributed by atoms with Gasteiger partial charge in [-0.3, -0.25) is 9.59 Å². The van der Waals surface area contributed by atoms with Gasteiger partial charge in [0.15, 0.2) is 0 Å². The quantitative estimate of drug-likeness (QED) is 0.693. The number of amides is 2. The van der Waals surface area contributed by atoms with Crippen molar-refractivity contribution < 1.29 is 14.0 Å². The molecule has 2 N–H and O–H groups in total. The van der Waals surface area contributed by atoms with E-state index in [1.54, 1.807) is 42.1 Å². The van der Waals surface area contributed by atoms with Crippen LogP contribution in [0.5, 0.6) is 0 Å². The van der Waals surface area contributed by atoms with Crippen LogP contribution in [0.3, 0.4) is 0 Å². The summed E-state index contributed by atoms with van der Waals surface area (Å²) >= 11 is 1.61. The third kappa shape index (κ3) is 6.71. The second-order valence-corrected chi connectivity index (χ2v) is 7.30. The lowest BCUT2D eigenvalue weighted by Gasteiger charge is -2.18. The fourth-order valence-electron chi connectivity index (χ4n) is 2.68. The van der Waals surface area contributed by atoms with Gasteiger partial charge in [0.25, 0.3) is 5.91 Å². The predicted molar refractivity (Wildman–Crippen MR) is 109 cm³/mol. The van der Waals surface area contributed by atoms with Crippen molar-refractivity contribution in [1.29, 1.82) is 0 Å². The van der Waals surface area contributed by atoms with Gasteiger partial charge in [0.2, 0.25) is 5.91 Å². The number of benzene rings is 2. The Morgan fingerprint density at radius 2 is 1.93 bits per heavy atom. The Morgan fingerprint density at radius 3 is 2.63 bits per heavy atom. The number of hydrogen-bond donors (Lipinski definition) is 2. The Kier molecular flexibility index (Phi) is 8.33. The van der Waals surface area contributed by atoms with E-state index in [2.05, 4.69) is 10.6 Å². The summed E-state index contributed by atoms with van der Waals surface area (Å²) in [6, 6.07) is 13.1. The summed E-state index contributed by atoms with van der Waals surface area (Å²) < 4.78 is 13.7. The summed E-state index contributed by atoms with van der Waals surface area (Å²) in [7, 11) is 0. The first-order valence-corrected chi connectivity index (χ1v) is 10.3. The molecule has 1 unspecified atom stereocenters. The molecule has 2 aromatic carbocycles. The standard InChI is InChI=1S/C21H25FN2O2S/c1-15-6-5-8-17(14-15)20(25)24-19(11-13-27-2)21(26)23-12-10-16-7-3-4-9-18(16)22/h3-9,14,19H,10-13H2,1-2H3,(H,23,26)(H,24,25). The minimum absolute atomic E-state index is 0.249. The molecule has 0 radical (unpaired) electrons. The summed E-state index contributed by atoms with van der Waals surface area (Å²) in [6.45, 7) is 2.23. The number of hydrogen-bond acceptors (Lipinski definition) is 3. The fraction of sp³-hybridized carbons (Fsp3) is 0.333. The first-order chi connectivity index (χ1) is 13.0. The van der Waals surface area contributed by atoms with Crippen molar-refractivity contribution in [1.82, 2.24) is 10.6 Å². The van der Waals surface area contributed by atoms with Gasteiger partial charge in [0.1, 0.15) is 11.9 Å². The van der Waals surface area contributed by atoms with Crippen molar-refractivity contribution in [2.45, 2.75) is 25.8 Å². The molecule has 2 aromatic rings. The van der Waals surface area contributed by atoms with E-state index in [9.17, 15) is 14.0 Å². The van der Waals surface area contributed by atoms with E-state index in [1.165, 1.54) is 6.07 Å². The van der Waals surface area contributed by atoms with E-state index < -0.39 is 6.04 Å². The predicted octanol–water partition coefficient (Wildman–Crippen LogP) is 3.34. The summed E-state index contributed by atoms with van der Waals surface area (Å²) in [5.74, 6) is -0.0478. The van der Waals surface area contributed by atoms with Crippen molar-refractivity contribution >= 4 is 23.6 Å². The molecule has 0 spiro atoms. The van der Waals surface area contributed by atoms with Crippen molar-refractivity contribution in [2.24, 2.45) is 0 Å². The summed E-state index contributed by atoms with van der Waals surface area (Å²) in [5.41, 5.74) is 2.07. The van der Waals surface area contributed by atoms with Crippen LogP contribution in [-0.2, 0) is 11.2 Å². The molecule has 0 aliphatic rings. The zero-order valence-electron chi connectivity index (χ0n) is 15.6. The van der Waals surface area contributed by atoms with Crippen LogP contribution in [0.15, 0.2) is 48.5 Å². The summed E-state index contributed by atoms with van der Waals surface area (Å²) in [4.78, 5) is 25.0. The topological polar surface area (TPSA) is 58.2 Å². The molecule has 144 valence electrons. The molecule has 2 rings (SSSR count). The van der Waals surface area contributed by atoms with Gasteiger partial charge in [-0.15, -0.1) is 0 Å². The van der Waals surface area contributed by atoms with Crippen LogP contribution in [0.1, 0.15) is 27.9 Å². The SMILES string of the molecule is CSCCC(NC(=O)c1cccc(C)c1)C(=O)NCCc1ccccc1F. The average Bonchev–Trinajstić information content (AvgIpc) is 2.66. The summed E-state index contributed by atoms with van der Waals surface area (Å²) in [6.07, 6.45) is 2.89. The normalized spacial score (nSPS) is 11.7. The molecule has 0 heterocycles. The molecule has 2 amide bonds. The monoisotopic (exact) mass is 388 g/mol. The van der Waals surface area contributed by atoms with Gasteiger partial charge in [-0.1, -0.05) is 35.9 Å². The minimum atomic E-state index is -0.619. The molecule has 4 nitrogen and oxygen atoms in total.